The number of hydrogen-bond acceptors (Lipinski definition) is 4. The van der Waals surface area contributed by atoms with Crippen LogP contribution in [-0.4, -0.2) is 43.8 Å². The highest BCUT2D eigenvalue weighted by Gasteiger charge is 2.33. The molecule has 3 aromatic rings. The van der Waals surface area contributed by atoms with Crippen LogP contribution >= 0.6 is 23.2 Å². The molecule has 1 N–H and O–H groups in total. The zero-order chi connectivity index (χ0) is 29.6. The third-order valence-electron chi connectivity index (χ3n) is 6.66. The number of halogens is 2. The quantitative estimate of drug-likeness (QED) is 0.285. The van der Waals surface area contributed by atoms with Crippen LogP contribution in [-0.2, 0) is 26.2 Å². The van der Waals surface area contributed by atoms with E-state index in [1.165, 1.54) is 17.0 Å². The second-order valence-corrected chi connectivity index (χ2v) is 12.6. The second-order valence-electron chi connectivity index (χ2n) is 9.89. The van der Waals surface area contributed by atoms with Crippen molar-refractivity contribution >= 4 is 50.7 Å². The minimum absolute atomic E-state index is 0.0465. The number of nitrogens with one attached hydrogen (secondary N) is 1. The lowest BCUT2D eigenvalue weighted by Crippen LogP contribution is -2.52. The van der Waals surface area contributed by atoms with Crippen molar-refractivity contribution in [2.45, 2.75) is 64.6 Å². The van der Waals surface area contributed by atoms with Gasteiger partial charge in [0, 0.05) is 28.2 Å². The van der Waals surface area contributed by atoms with Gasteiger partial charge in [0.2, 0.25) is 11.8 Å². The lowest BCUT2D eigenvalue weighted by atomic mass is 10.1. The van der Waals surface area contributed by atoms with Gasteiger partial charge in [0.05, 0.1) is 10.6 Å². The average Bonchev–Trinajstić information content (AvgIpc) is 2.90. The molecule has 0 radical (unpaired) electrons. The van der Waals surface area contributed by atoms with E-state index in [2.05, 4.69) is 5.32 Å². The molecule has 0 heterocycles. The Kier molecular flexibility index (Phi) is 10.6. The molecule has 0 fully saturated rings. The predicted molar refractivity (Wildman–Crippen MR) is 161 cm³/mol. The number of benzene rings is 3. The Labute approximate surface area is 247 Å². The van der Waals surface area contributed by atoms with E-state index >= 15 is 0 Å². The van der Waals surface area contributed by atoms with Gasteiger partial charge in [-0.05, 0) is 81.6 Å². The second kappa shape index (κ2) is 13.5. The summed E-state index contributed by atoms with van der Waals surface area (Å²) in [5.41, 5.74) is 2.50. The van der Waals surface area contributed by atoms with E-state index in [4.69, 9.17) is 23.2 Å². The summed E-state index contributed by atoms with van der Waals surface area (Å²) in [6.07, 6.45) is 0.707. The topological polar surface area (TPSA) is 86.8 Å². The summed E-state index contributed by atoms with van der Waals surface area (Å²) in [7, 11) is -4.14. The van der Waals surface area contributed by atoms with Crippen molar-refractivity contribution < 1.29 is 18.0 Å². The number of hydrogen-bond donors (Lipinski definition) is 1. The van der Waals surface area contributed by atoms with Gasteiger partial charge in [-0.3, -0.25) is 13.9 Å². The maximum atomic E-state index is 14.1. The Bertz CT molecular complexity index is 1420. The van der Waals surface area contributed by atoms with Crippen molar-refractivity contribution in [1.82, 2.24) is 10.2 Å². The predicted octanol–water partition coefficient (Wildman–Crippen LogP) is 6.14. The van der Waals surface area contributed by atoms with Gasteiger partial charge in [-0.2, -0.15) is 0 Å². The number of rotatable bonds is 11. The molecule has 2 atom stereocenters. The molecule has 0 aliphatic carbocycles. The Hall–Kier alpha value is -3.07. The number of carbonyl (C=O) groups excluding carboxylic acids is 2. The molecule has 214 valence electrons. The van der Waals surface area contributed by atoms with E-state index in [1.807, 2.05) is 33.8 Å². The highest BCUT2D eigenvalue weighted by atomic mass is 35.5. The Morgan fingerprint density at radius 3 is 2.02 bits per heavy atom. The van der Waals surface area contributed by atoms with Gasteiger partial charge >= 0.3 is 0 Å². The van der Waals surface area contributed by atoms with Gasteiger partial charge in [0.15, 0.2) is 0 Å². The van der Waals surface area contributed by atoms with Crippen LogP contribution in [0.15, 0.2) is 71.6 Å². The molecule has 7 nitrogen and oxygen atoms in total. The lowest BCUT2D eigenvalue weighted by Gasteiger charge is -2.33. The zero-order valence-corrected chi connectivity index (χ0v) is 25.6. The first kappa shape index (κ1) is 31.5. The summed E-state index contributed by atoms with van der Waals surface area (Å²) >= 11 is 12.9. The fourth-order valence-electron chi connectivity index (χ4n) is 4.24. The third-order valence-corrected chi connectivity index (χ3v) is 9.16. The maximum absolute atomic E-state index is 14.1. The Morgan fingerprint density at radius 2 is 1.48 bits per heavy atom. The molecular formula is C30H35Cl2N3O4S. The number of aryl methyl sites for hydroxylation is 2. The number of carbonyl (C=O) groups is 2. The highest BCUT2D eigenvalue weighted by molar-refractivity contribution is 7.92. The normalized spacial score (nSPS) is 12.9. The van der Waals surface area contributed by atoms with Crippen molar-refractivity contribution in [2.75, 3.05) is 10.8 Å². The smallest absolute Gasteiger partial charge is 0.264 e. The summed E-state index contributed by atoms with van der Waals surface area (Å²) < 4.78 is 28.9. The summed E-state index contributed by atoms with van der Waals surface area (Å²) in [6, 6.07) is 17.2. The van der Waals surface area contributed by atoms with E-state index in [0.29, 0.717) is 27.7 Å². The first-order chi connectivity index (χ1) is 18.8. The van der Waals surface area contributed by atoms with Gasteiger partial charge in [0.1, 0.15) is 12.6 Å². The molecule has 0 aromatic heterocycles. The van der Waals surface area contributed by atoms with E-state index < -0.39 is 28.5 Å². The minimum Gasteiger partial charge on any atom is -0.352 e. The zero-order valence-electron chi connectivity index (χ0n) is 23.3. The molecule has 10 heteroatoms. The first-order valence-electron chi connectivity index (χ1n) is 13.0. The molecule has 0 bridgehead atoms. The summed E-state index contributed by atoms with van der Waals surface area (Å²) in [5, 5.41) is 3.58. The third kappa shape index (κ3) is 7.56. The maximum Gasteiger partial charge on any atom is 0.264 e. The van der Waals surface area contributed by atoms with Crippen LogP contribution < -0.4 is 9.62 Å². The van der Waals surface area contributed by atoms with E-state index in [1.54, 1.807) is 55.5 Å². The van der Waals surface area contributed by atoms with E-state index in [0.717, 1.165) is 15.4 Å². The Morgan fingerprint density at radius 1 is 0.900 bits per heavy atom. The van der Waals surface area contributed by atoms with E-state index in [-0.39, 0.29) is 23.4 Å². The van der Waals surface area contributed by atoms with Crippen molar-refractivity contribution in [1.29, 1.82) is 0 Å². The number of nitrogens with zero attached hydrogens (tertiary/aromatic N) is 2. The van der Waals surface area contributed by atoms with Crippen LogP contribution in [0.3, 0.4) is 0 Å². The molecular weight excluding hydrogens is 569 g/mol. The van der Waals surface area contributed by atoms with Crippen molar-refractivity contribution in [2.24, 2.45) is 0 Å². The molecule has 0 saturated carbocycles. The summed E-state index contributed by atoms with van der Waals surface area (Å²) in [5.74, 6) is -0.948. The molecule has 0 aliphatic rings. The monoisotopic (exact) mass is 603 g/mol. The summed E-state index contributed by atoms with van der Waals surface area (Å²) in [4.78, 5) is 28.6. The first-order valence-corrected chi connectivity index (χ1v) is 15.2. The molecule has 2 amide bonds. The largest absolute Gasteiger partial charge is 0.352 e. The van der Waals surface area contributed by atoms with Crippen LogP contribution in [0, 0.1) is 13.8 Å². The van der Waals surface area contributed by atoms with Gasteiger partial charge in [0.25, 0.3) is 10.0 Å². The fourth-order valence-corrected chi connectivity index (χ4v) is 6.18. The van der Waals surface area contributed by atoms with Crippen LogP contribution in [0.5, 0.6) is 0 Å². The van der Waals surface area contributed by atoms with Crippen LogP contribution in [0.1, 0.15) is 43.9 Å². The molecule has 0 aliphatic heterocycles. The standard InChI is InChI=1S/C30H35Cl2N3O4S/c1-6-22(4)33-30(37)23(5)34(18-26-27(31)13-10-14-28(26)32)29(36)19-35(24-16-20(2)15-21(3)17-24)40(38,39)25-11-8-7-9-12-25/h7-17,22-23H,6,18-19H2,1-5H3,(H,33,37)/t22-,23-/m1/s1. The fraction of sp³-hybridized carbons (Fsp3) is 0.333. The van der Waals surface area contributed by atoms with Gasteiger partial charge in [-0.1, -0.05) is 60.5 Å². The molecule has 3 aromatic carbocycles. The molecule has 0 saturated heterocycles. The average molecular weight is 605 g/mol. The lowest BCUT2D eigenvalue weighted by molar-refractivity contribution is -0.139. The van der Waals surface area contributed by atoms with Crippen molar-refractivity contribution in [3.05, 3.63) is 93.5 Å². The molecule has 3 rings (SSSR count). The SMILES string of the molecule is CC[C@@H](C)NC(=O)[C@@H](C)N(Cc1c(Cl)cccc1Cl)C(=O)CN(c1cc(C)cc(C)c1)S(=O)(=O)c1ccccc1. The van der Waals surface area contributed by atoms with E-state index in [9.17, 15) is 18.0 Å². The van der Waals surface area contributed by atoms with Crippen LogP contribution in [0.25, 0.3) is 0 Å². The number of amides is 2. The molecule has 40 heavy (non-hydrogen) atoms. The Balaban J connectivity index is 2.09. The number of anilines is 1. The van der Waals surface area contributed by atoms with Crippen molar-refractivity contribution in [3.8, 4) is 0 Å². The van der Waals surface area contributed by atoms with Gasteiger partial charge in [-0.25, -0.2) is 8.42 Å². The van der Waals surface area contributed by atoms with Gasteiger partial charge in [-0.15, -0.1) is 0 Å². The number of sulfonamides is 1. The summed E-state index contributed by atoms with van der Waals surface area (Å²) in [6.45, 7) is 8.51. The van der Waals surface area contributed by atoms with Crippen LogP contribution in [0.2, 0.25) is 10.0 Å². The van der Waals surface area contributed by atoms with Crippen molar-refractivity contribution in [3.63, 3.8) is 0 Å². The highest BCUT2D eigenvalue weighted by Crippen LogP contribution is 2.29. The van der Waals surface area contributed by atoms with Crippen LogP contribution in [0.4, 0.5) is 5.69 Å². The molecule has 0 spiro atoms. The van der Waals surface area contributed by atoms with Gasteiger partial charge < -0.3 is 10.2 Å². The molecule has 0 unspecified atom stereocenters. The minimum atomic E-state index is -4.14.